The number of likely N-dealkylation sites (tertiary alicyclic amines) is 1. The van der Waals surface area contributed by atoms with E-state index in [0.717, 1.165) is 13.0 Å². The van der Waals surface area contributed by atoms with Gasteiger partial charge in [0.15, 0.2) is 0 Å². The lowest BCUT2D eigenvalue weighted by atomic mass is 10.0. The quantitative estimate of drug-likeness (QED) is 0.819. The third kappa shape index (κ3) is 1.83. The average Bonchev–Trinajstić information content (AvgIpc) is 2.60. The highest BCUT2D eigenvalue weighted by Gasteiger charge is 2.32. The van der Waals surface area contributed by atoms with E-state index in [-0.39, 0.29) is 18.0 Å². The first kappa shape index (κ1) is 11.1. The number of amides is 1. The predicted octanol–water partition coefficient (Wildman–Crippen LogP) is 1.62. The van der Waals surface area contributed by atoms with Crippen molar-refractivity contribution in [2.45, 2.75) is 32.4 Å². The smallest absolute Gasteiger partial charge is 0.240 e. The van der Waals surface area contributed by atoms with E-state index in [1.807, 2.05) is 17.0 Å². The van der Waals surface area contributed by atoms with Gasteiger partial charge in [0, 0.05) is 6.54 Å². The number of carbonyl (C=O) groups excluding carboxylic acids is 1. The van der Waals surface area contributed by atoms with Crippen molar-refractivity contribution >= 4 is 5.91 Å². The van der Waals surface area contributed by atoms with Gasteiger partial charge in [-0.25, -0.2) is 0 Å². The van der Waals surface area contributed by atoms with Gasteiger partial charge in [0.2, 0.25) is 5.91 Å². The van der Waals surface area contributed by atoms with Crippen LogP contribution in [0.3, 0.4) is 0 Å². The molecule has 1 saturated heterocycles. The lowest BCUT2D eigenvalue weighted by Crippen LogP contribution is -2.35. The maximum atomic E-state index is 11.8. The van der Waals surface area contributed by atoms with Crippen LogP contribution in [0.2, 0.25) is 0 Å². The van der Waals surface area contributed by atoms with Gasteiger partial charge in [-0.15, -0.1) is 0 Å². The second-order valence-corrected chi connectivity index (χ2v) is 4.46. The van der Waals surface area contributed by atoms with Crippen LogP contribution in [0.15, 0.2) is 24.3 Å². The number of aryl methyl sites for hydroxylation is 1. The molecule has 0 spiro atoms. The van der Waals surface area contributed by atoms with Crippen molar-refractivity contribution < 1.29 is 4.79 Å². The number of carbonyl (C=O) groups is 1. The SMILES string of the molecule is Cc1ccccc1C(C)N1CCC(N)C1=O. The van der Waals surface area contributed by atoms with Gasteiger partial charge in [-0.05, 0) is 31.4 Å². The number of nitrogens with zero attached hydrogens (tertiary/aromatic N) is 1. The Kier molecular flexibility index (Phi) is 2.97. The van der Waals surface area contributed by atoms with Crippen molar-refractivity contribution in [2.75, 3.05) is 6.54 Å². The van der Waals surface area contributed by atoms with Crippen molar-refractivity contribution in [1.82, 2.24) is 4.90 Å². The van der Waals surface area contributed by atoms with Crippen LogP contribution in [0.4, 0.5) is 0 Å². The Hall–Kier alpha value is -1.35. The van der Waals surface area contributed by atoms with Gasteiger partial charge in [0.05, 0.1) is 12.1 Å². The van der Waals surface area contributed by atoms with Gasteiger partial charge >= 0.3 is 0 Å². The zero-order valence-corrected chi connectivity index (χ0v) is 9.81. The maximum Gasteiger partial charge on any atom is 0.240 e. The monoisotopic (exact) mass is 218 g/mol. The number of hydrogen-bond donors (Lipinski definition) is 1. The number of benzene rings is 1. The minimum absolute atomic E-state index is 0.0794. The summed E-state index contributed by atoms with van der Waals surface area (Å²) in [4.78, 5) is 13.7. The third-order valence-electron chi connectivity index (χ3n) is 3.39. The molecule has 0 bridgehead atoms. The highest BCUT2D eigenvalue weighted by atomic mass is 16.2. The fourth-order valence-corrected chi connectivity index (χ4v) is 2.33. The third-order valence-corrected chi connectivity index (χ3v) is 3.39. The first-order valence-electron chi connectivity index (χ1n) is 5.73. The summed E-state index contributed by atoms with van der Waals surface area (Å²) in [5.74, 6) is 0.0794. The standard InChI is InChI=1S/C13H18N2O/c1-9-5-3-4-6-11(9)10(2)15-8-7-12(14)13(15)16/h3-6,10,12H,7-8,14H2,1-2H3. The number of nitrogens with two attached hydrogens (primary N) is 1. The summed E-state index contributed by atoms with van der Waals surface area (Å²) in [6.45, 7) is 4.92. The molecule has 3 nitrogen and oxygen atoms in total. The van der Waals surface area contributed by atoms with E-state index in [1.165, 1.54) is 11.1 Å². The molecule has 16 heavy (non-hydrogen) atoms. The molecule has 1 fully saturated rings. The molecule has 1 aliphatic rings. The molecule has 86 valence electrons. The summed E-state index contributed by atoms with van der Waals surface area (Å²) >= 11 is 0. The van der Waals surface area contributed by atoms with E-state index in [9.17, 15) is 4.79 Å². The molecule has 1 heterocycles. The lowest BCUT2D eigenvalue weighted by Gasteiger charge is -2.26. The van der Waals surface area contributed by atoms with Crippen molar-refractivity contribution in [3.8, 4) is 0 Å². The van der Waals surface area contributed by atoms with Crippen LogP contribution in [-0.4, -0.2) is 23.4 Å². The molecule has 1 amide bonds. The summed E-state index contributed by atoms with van der Waals surface area (Å²) < 4.78 is 0. The molecule has 2 unspecified atom stereocenters. The van der Waals surface area contributed by atoms with Crippen LogP contribution in [-0.2, 0) is 4.79 Å². The van der Waals surface area contributed by atoms with E-state index in [4.69, 9.17) is 5.73 Å². The van der Waals surface area contributed by atoms with Crippen LogP contribution in [0.25, 0.3) is 0 Å². The molecule has 0 radical (unpaired) electrons. The van der Waals surface area contributed by atoms with Gasteiger partial charge in [0.1, 0.15) is 0 Å². The second-order valence-electron chi connectivity index (χ2n) is 4.46. The maximum absolute atomic E-state index is 11.8. The Morgan fingerprint density at radius 3 is 2.69 bits per heavy atom. The molecule has 3 heteroatoms. The second kappa shape index (κ2) is 4.26. The normalized spacial score (nSPS) is 22.6. The lowest BCUT2D eigenvalue weighted by molar-refractivity contribution is -0.130. The van der Waals surface area contributed by atoms with E-state index in [0.29, 0.717) is 0 Å². The predicted molar refractivity (Wildman–Crippen MR) is 63.9 cm³/mol. The molecule has 1 aromatic rings. The Bertz CT molecular complexity index is 403. The molecular weight excluding hydrogens is 200 g/mol. The fraction of sp³-hybridized carbons (Fsp3) is 0.462. The van der Waals surface area contributed by atoms with Crippen molar-refractivity contribution in [1.29, 1.82) is 0 Å². The van der Waals surface area contributed by atoms with E-state index in [2.05, 4.69) is 26.0 Å². The van der Waals surface area contributed by atoms with Gasteiger partial charge in [0.25, 0.3) is 0 Å². The molecule has 0 saturated carbocycles. The summed E-state index contributed by atoms with van der Waals surface area (Å²) in [6, 6.07) is 8.01. The summed E-state index contributed by atoms with van der Waals surface area (Å²) in [7, 11) is 0. The van der Waals surface area contributed by atoms with Gasteiger partial charge in [-0.1, -0.05) is 24.3 Å². The molecular formula is C13H18N2O. The van der Waals surface area contributed by atoms with Gasteiger partial charge in [-0.2, -0.15) is 0 Å². The minimum Gasteiger partial charge on any atom is -0.335 e. The van der Waals surface area contributed by atoms with Crippen LogP contribution >= 0.6 is 0 Å². The van der Waals surface area contributed by atoms with Crippen LogP contribution < -0.4 is 5.73 Å². The zero-order chi connectivity index (χ0) is 11.7. The largest absolute Gasteiger partial charge is 0.335 e. The molecule has 1 aliphatic heterocycles. The first-order valence-corrected chi connectivity index (χ1v) is 5.73. The molecule has 2 rings (SSSR count). The molecule has 2 atom stereocenters. The Labute approximate surface area is 96.2 Å². The average molecular weight is 218 g/mol. The Balaban J connectivity index is 2.23. The topological polar surface area (TPSA) is 46.3 Å². The highest BCUT2D eigenvalue weighted by Crippen LogP contribution is 2.26. The molecule has 0 aromatic heterocycles. The Morgan fingerprint density at radius 2 is 2.12 bits per heavy atom. The van der Waals surface area contributed by atoms with E-state index in [1.54, 1.807) is 0 Å². The summed E-state index contributed by atoms with van der Waals surface area (Å²) in [5, 5.41) is 0. The van der Waals surface area contributed by atoms with E-state index < -0.39 is 0 Å². The van der Waals surface area contributed by atoms with E-state index >= 15 is 0 Å². The fourth-order valence-electron chi connectivity index (χ4n) is 2.33. The minimum atomic E-state index is -0.300. The molecule has 0 aliphatic carbocycles. The number of rotatable bonds is 2. The van der Waals surface area contributed by atoms with Crippen LogP contribution in [0, 0.1) is 6.92 Å². The van der Waals surface area contributed by atoms with Crippen LogP contribution in [0.1, 0.15) is 30.5 Å². The molecule has 2 N–H and O–H groups in total. The first-order chi connectivity index (χ1) is 7.61. The van der Waals surface area contributed by atoms with Gasteiger partial charge in [-0.3, -0.25) is 4.79 Å². The van der Waals surface area contributed by atoms with Gasteiger partial charge < -0.3 is 10.6 Å². The summed E-state index contributed by atoms with van der Waals surface area (Å²) in [5.41, 5.74) is 8.17. The highest BCUT2D eigenvalue weighted by molar-refractivity contribution is 5.84. The van der Waals surface area contributed by atoms with Crippen molar-refractivity contribution in [2.24, 2.45) is 5.73 Å². The molecule has 1 aromatic carbocycles. The Morgan fingerprint density at radius 1 is 1.44 bits per heavy atom. The van der Waals surface area contributed by atoms with Crippen molar-refractivity contribution in [3.63, 3.8) is 0 Å². The number of hydrogen-bond acceptors (Lipinski definition) is 2. The summed E-state index contributed by atoms with van der Waals surface area (Å²) in [6.07, 6.45) is 0.773. The van der Waals surface area contributed by atoms with Crippen molar-refractivity contribution in [3.05, 3.63) is 35.4 Å². The zero-order valence-electron chi connectivity index (χ0n) is 9.81. The van der Waals surface area contributed by atoms with Crippen LogP contribution in [0.5, 0.6) is 0 Å².